The smallest absolute Gasteiger partial charge is 0.323 e. The van der Waals surface area contributed by atoms with Crippen LogP contribution in [0.15, 0.2) is 48.5 Å². The molecule has 1 saturated heterocycles. The Kier molecular flexibility index (Phi) is 5.20. The van der Waals surface area contributed by atoms with E-state index in [4.69, 9.17) is 5.26 Å². The summed E-state index contributed by atoms with van der Waals surface area (Å²) in [5.41, 5.74) is 2.85. The number of nitrogens with zero attached hydrogens (tertiary/aromatic N) is 2. The van der Waals surface area contributed by atoms with E-state index in [2.05, 4.69) is 28.5 Å². The highest BCUT2D eigenvalue weighted by atomic mass is 16.2. The molecule has 2 amide bonds. The topological polar surface area (TPSA) is 68.2 Å². The maximum Gasteiger partial charge on any atom is 0.323 e. The number of benzene rings is 2. The molecule has 2 N–H and O–H groups in total. The quantitative estimate of drug-likeness (QED) is 0.872. The number of carbonyl (C=O) groups is 1. The van der Waals surface area contributed by atoms with Crippen molar-refractivity contribution < 1.29 is 4.79 Å². The highest BCUT2D eigenvalue weighted by molar-refractivity contribution is 6.00. The molecule has 2 aromatic carbocycles. The molecule has 0 atom stereocenters. The van der Waals surface area contributed by atoms with Crippen molar-refractivity contribution in [3.8, 4) is 6.07 Å². The molecule has 0 unspecified atom stereocenters. The van der Waals surface area contributed by atoms with Crippen molar-refractivity contribution in [2.24, 2.45) is 5.92 Å². The highest BCUT2D eigenvalue weighted by Crippen LogP contribution is 2.24. The lowest BCUT2D eigenvalue weighted by Crippen LogP contribution is -2.32. The summed E-state index contributed by atoms with van der Waals surface area (Å²) in [7, 11) is 0. The second kappa shape index (κ2) is 7.71. The molecular formula is C20H22N4O. The van der Waals surface area contributed by atoms with E-state index in [1.165, 1.54) is 18.5 Å². The Morgan fingerprint density at radius 2 is 1.76 bits per heavy atom. The Morgan fingerprint density at radius 1 is 1.08 bits per heavy atom. The molecule has 25 heavy (non-hydrogen) atoms. The zero-order valence-corrected chi connectivity index (χ0v) is 14.3. The van der Waals surface area contributed by atoms with Gasteiger partial charge < -0.3 is 15.5 Å². The molecule has 1 aliphatic rings. The maximum atomic E-state index is 12.1. The lowest BCUT2D eigenvalue weighted by Gasteiger charge is -2.32. The van der Waals surface area contributed by atoms with E-state index < -0.39 is 0 Å². The number of piperidine rings is 1. The molecule has 128 valence electrons. The van der Waals surface area contributed by atoms with Crippen LogP contribution >= 0.6 is 0 Å². The number of carbonyl (C=O) groups excluding carboxylic acids is 1. The average Bonchev–Trinajstić information content (AvgIpc) is 2.63. The molecule has 3 rings (SSSR count). The molecule has 2 aromatic rings. The van der Waals surface area contributed by atoms with E-state index in [1.54, 1.807) is 24.3 Å². The van der Waals surface area contributed by atoms with Crippen LogP contribution in [-0.4, -0.2) is 19.1 Å². The van der Waals surface area contributed by atoms with Gasteiger partial charge in [0.2, 0.25) is 0 Å². The van der Waals surface area contributed by atoms with Gasteiger partial charge in [0.15, 0.2) is 0 Å². The van der Waals surface area contributed by atoms with Crippen LogP contribution in [0.1, 0.15) is 25.3 Å². The lowest BCUT2D eigenvalue weighted by molar-refractivity contribution is 0.262. The Bertz CT molecular complexity index is 771. The number of para-hydroxylation sites is 1. The second-order valence-corrected chi connectivity index (χ2v) is 6.45. The van der Waals surface area contributed by atoms with Gasteiger partial charge in [-0.3, -0.25) is 0 Å². The predicted molar refractivity (Wildman–Crippen MR) is 101 cm³/mol. The lowest BCUT2D eigenvalue weighted by atomic mass is 9.99. The number of nitrogens with one attached hydrogen (secondary N) is 2. The van der Waals surface area contributed by atoms with Gasteiger partial charge in [0.05, 0.1) is 11.3 Å². The first kappa shape index (κ1) is 16.8. The average molecular weight is 334 g/mol. The van der Waals surface area contributed by atoms with Gasteiger partial charge in [-0.1, -0.05) is 19.1 Å². The number of urea groups is 1. The molecule has 0 aliphatic carbocycles. The largest absolute Gasteiger partial charge is 0.372 e. The zero-order chi connectivity index (χ0) is 17.6. The van der Waals surface area contributed by atoms with Crippen molar-refractivity contribution >= 4 is 23.1 Å². The van der Waals surface area contributed by atoms with E-state index in [-0.39, 0.29) is 6.03 Å². The van der Waals surface area contributed by atoms with Gasteiger partial charge in [-0.25, -0.2) is 4.79 Å². The molecule has 1 fully saturated rings. The fourth-order valence-electron chi connectivity index (χ4n) is 3.00. The molecule has 0 spiro atoms. The van der Waals surface area contributed by atoms with Crippen LogP contribution < -0.4 is 15.5 Å². The minimum atomic E-state index is -0.359. The predicted octanol–water partition coefficient (Wildman–Crippen LogP) is 4.44. The normalized spacial score (nSPS) is 14.6. The van der Waals surface area contributed by atoms with Crippen LogP contribution in [0.5, 0.6) is 0 Å². The third kappa shape index (κ3) is 4.30. The summed E-state index contributed by atoms with van der Waals surface area (Å²) in [6.07, 6.45) is 2.45. The van der Waals surface area contributed by atoms with Crippen molar-refractivity contribution in [3.63, 3.8) is 0 Å². The van der Waals surface area contributed by atoms with Gasteiger partial charge in [-0.2, -0.15) is 5.26 Å². The number of hydrogen-bond donors (Lipinski definition) is 2. The Hall–Kier alpha value is -3.00. The SMILES string of the molecule is CC1CCN(c2ccc(NC(=O)Nc3ccccc3C#N)cc2)CC1. The van der Waals surface area contributed by atoms with Crippen molar-refractivity contribution in [1.82, 2.24) is 0 Å². The van der Waals surface area contributed by atoms with Crippen molar-refractivity contribution in [2.45, 2.75) is 19.8 Å². The molecule has 0 bridgehead atoms. The molecule has 1 heterocycles. The summed E-state index contributed by atoms with van der Waals surface area (Å²) in [5, 5.41) is 14.6. The van der Waals surface area contributed by atoms with Crippen LogP contribution in [-0.2, 0) is 0 Å². The standard InChI is InChI=1S/C20H22N4O/c1-15-10-12-24(13-11-15)18-8-6-17(7-9-18)22-20(25)23-19-5-3-2-4-16(19)14-21/h2-9,15H,10-13H2,1H3,(H2,22,23,25). The number of rotatable bonds is 3. The van der Waals surface area contributed by atoms with Crippen LogP contribution in [0.25, 0.3) is 0 Å². The maximum absolute atomic E-state index is 12.1. The van der Waals surface area contributed by atoms with Gasteiger partial charge in [-0.05, 0) is 55.2 Å². The van der Waals surface area contributed by atoms with Gasteiger partial charge in [0.1, 0.15) is 6.07 Å². The molecule has 0 radical (unpaired) electrons. The summed E-state index contributed by atoms with van der Waals surface area (Å²) < 4.78 is 0. The van der Waals surface area contributed by atoms with Crippen LogP contribution in [0.3, 0.4) is 0 Å². The summed E-state index contributed by atoms with van der Waals surface area (Å²) >= 11 is 0. The van der Waals surface area contributed by atoms with E-state index >= 15 is 0 Å². The Morgan fingerprint density at radius 3 is 2.44 bits per heavy atom. The van der Waals surface area contributed by atoms with Crippen LogP contribution in [0, 0.1) is 17.2 Å². The minimum absolute atomic E-state index is 0.359. The summed E-state index contributed by atoms with van der Waals surface area (Å²) in [6.45, 7) is 4.46. The Labute approximate surface area is 148 Å². The number of anilines is 3. The summed E-state index contributed by atoms with van der Waals surface area (Å²) in [5.74, 6) is 0.803. The highest BCUT2D eigenvalue weighted by Gasteiger charge is 2.16. The van der Waals surface area contributed by atoms with Gasteiger partial charge in [-0.15, -0.1) is 0 Å². The Balaban J connectivity index is 1.59. The number of nitriles is 1. The van der Waals surface area contributed by atoms with Crippen LogP contribution in [0.4, 0.5) is 21.9 Å². The van der Waals surface area contributed by atoms with Crippen molar-refractivity contribution in [2.75, 3.05) is 28.6 Å². The van der Waals surface area contributed by atoms with Gasteiger partial charge >= 0.3 is 6.03 Å². The van der Waals surface area contributed by atoms with Gasteiger partial charge in [0, 0.05) is 24.5 Å². The molecule has 0 aromatic heterocycles. The zero-order valence-electron chi connectivity index (χ0n) is 14.3. The molecule has 5 nitrogen and oxygen atoms in total. The van der Waals surface area contributed by atoms with Gasteiger partial charge in [0.25, 0.3) is 0 Å². The molecular weight excluding hydrogens is 312 g/mol. The number of amides is 2. The van der Waals surface area contributed by atoms with Crippen molar-refractivity contribution in [3.05, 3.63) is 54.1 Å². The van der Waals surface area contributed by atoms with Crippen molar-refractivity contribution in [1.29, 1.82) is 5.26 Å². The fourth-order valence-corrected chi connectivity index (χ4v) is 3.00. The summed E-state index contributed by atoms with van der Waals surface area (Å²) in [4.78, 5) is 14.5. The summed E-state index contributed by atoms with van der Waals surface area (Å²) in [6, 6.07) is 16.5. The molecule has 0 saturated carbocycles. The number of hydrogen-bond acceptors (Lipinski definition) is 3. The third-order valence-corrected chi connectivity index (χ3v) is 4.57. The second-order valence-electron chi connectivity index (χ2n) is 6.45. The molecule has 1 aliphatic heterocycles. The first-order valence-corrected chi connectivity index (χ1v) is 8.58. The third-order valence-electron chi connectivity index (χ3n) is 4.57. The van der Waals surface area contributed by atoms with E-state index in [9.17, 15) is 4.79 Å². The monoisotopic (exact) mass is 334 g/mol. The fraction of sp³-hybridized carbons (Fsp3) is 0.300. The van der Waals surface area contributed by atoms with E-state index in [0.717, 1.165) is 24.7 Å². The first-order chi connectivity index (χ1) is 12.2. The molecule has 5 heteroatoms. The van der Waals surface area contributed by atoms with E-state index in [1.807, 2.05) is 24.3 Å². The van der Waals surface area contributed by atoms with E-state index in [0.29, 0.717) is 11.3 Å². The van der Waals surface area contributed by atoms with Crippen LogP contribution in [0.2, 0.25) is 0 Å². The first-order valence-electron chi connectivity index (χ1n) is 8.58. The minimum Gasteiger partial charge on any atom is -0.372 e.